The van der Waals surface area contributed by atoms with E-state index >= 15 is 0 Å². The molecule has 6 heteroatoms. The van der Waals surface area contributed by atoms with E-state index in [1.54, 1.807) is 7.11 Å². The van der Waals surface area contributed by atoms with Crippen molar-refractivity contribution in [1.82, 2.24) is 0 Å². The van der Waals surface area contributed by atoms with Gasteiger partial charge in [-0.05, 0) is 6.42 Å². The van der Waals surface area contributed by atoms with Crippen LogP contribution in [0.5, 0.6) is 0 Å². The van der Waals surface area contributed by atoms with E-state index in [9.17, 15) is 0 Å². The molecule has 0 spiro atoms. The molecule has 0 aliphatic heterocycles. The zero-order valence-corrected chi connectivity index (χ0v) is 9.35. The zero-order chi connectivity index (χ0) is 10.2. The van der Waals surface area contributed by atoms with Gasteiger partial charge in [-0.25, -0.2) is 20.4 Å². The monoisotopic (exact) mass is 190 g/mol. The molecule has 0 aromatic carbocycles. The molecular weight excluding hydrogens is 176 g/mol. The summed E-state index contributed by atoms with van der Waals surface area (Å²) >= 11 is 0. The smallest absolute Gasteiger partial charge is 0.231 e. The highest BCUT2D eigenvalue weighted by molar-refractivity contribution is 6.08. The fourth-order valence-corrected chi connectivity index (χ4v) is 0.577. The van der Waals surface area contributed by atoms with Gasteiger partial charge in [0.05, 0.1) is 0 Å². The van der Waals surface area contributed by atoms with Crippen molar-refractivity contribution < 1.29 is 14.3 Å². The molecule has 0 rings (SSSR count). The number of hydrogen-bond donors (Lipinski definition) is 2. The number of nitrogens with one attached hydrogen (secondary N) is 2. The minimum Gasteiger partial charge on any atom is -0.385 e. The Kier molecular flexibility index (Phi) is 46.5. The molecule has 0 aromatic rings. The van der Waals surface area contributed by atoms with E-state index in [-0.39, 0.29) is 0 Å². The zero-order valence-electron chi connectivity index (χ0n) is 7.35. The maximum Gasteiger partial charge on any atom is 0.231 e. The van der Waals surface area contributed by atoms with Gasteiger partial charge in [-0.3, -0.25) is 0 Å². The van der Waals surface area contributed by atoms with E-state index in [0.29, 0.717) is 0 Å². The second-order valence-electron chi connectivity index (χ2n) is 1.55. The lowest BCUT2D eigenvalue weighted by molar-refractivity contribution is 0.199. The summed E-state index contributed by atoms with van der Waals surface area (Å²) in [6, 6.07) is 1.37. The summed E-state index contributed by atoms with van der Waals surface area (Å²) in [5, 5.41) is 10.8. The van der Waals surface area contributed by atoms with Gasteiger partial charge in [0.1, 0.15) is 0 Å². The van der Waals surface area contributed by atoms with E-state index in [0.717, 1.165) is 18.8 Å². The Bertz CT molecular complexity index is 113. The van der Waals surface area contributed by atoms with Crippen LogP contribution in [0.15, 0.2) is 0 Å². The molecule has 0 unspecified atom stereocenters. The van der Waals surface area contributed by atoms with E-state index in [1.165, 1.54) is 22.7 Å². The van der Waals surface area contributed by atoms with Crippen LogP contribution >= 0.6 is 0 Å². The third-order valence-corrected chi connectivity index (χ3v) is 1.41. The number of ether oxygens (including phenoxy) is 1. The fraction of sp³-hybridized carbons (Fsp3) is 0.667. The highest BCUT2D eigenvalue weighted by Gasteiger charge is 1.74. The molecule has 12 heavy (non-hydrogen) atoms. The summed E-state index contributed by atoms with van der Waals surface area (Å²) in [5.41, 5.74) is 0. The van der Waals surface area contributed by atoms with Gasteiger partial charge < -0.3 is 4.74 Å². The first-order chi connectivity index (χ1) is 5.74. The van der Waals surface area contributed by atoms with Crippen molar-refractivity contribution in [2.24, 2.45) is 0 Å². The Hall–Kier alpha value is -1.06. The second kappa shape index (κ2) is 32.6. The van der Waals surface area contributed by atoms with Gasteiger partial charge in [0.15, 0.2) is 0 Å². The molecule has 2 N–H and O–H groups in total. The van der Waals surface area contributed by atoms with E-state index in [1.807, 2.05) is 0 Å². The molecule has 0 fully saturated rings. The molecule has 0 atom stereocenters. The molecular formula is C6H14N2O3Si. The second-order valence-corrected chi connectivity index (χ2v) is 2.55. The largest absolute Gasteiger partial charge is 0.385 e. The van der Waals surface area contributed by atoms with Gasteiger partial charge in [-0.15, -0.1) is 0 Å². The molecule has 5 nitrogen and oxygen atoms in total. The molecule has 0 aromatic heterocycles. The lowest BCUT2D eigenvalue weighted by atomic mass is 10.5. The van der Waals surface area contributed by atoms with Crippen molar-refractivity contribution in [1.29, 1.82) is 10.8 Å². The van der Waals surface area contributed by atoms with Gasteiger partial charge in [-0.1, -0.05) is 6.04 Å². The summed E-state index contributed by atoms with van der Waals surface area (Å²) in [6.45, 7) is 0.948. The number of rotatable bonds is 3. The van der Waals surface area contributed by atoms with Crippen LogP contribution in [0.2, 0.25) is 6.04 Å². The van der Waals surface area contributed by atoms with Crippen LogP contribution in [-0.2, 0) is 14.3 Å². The van der Waals surface area contributed by atoms with Crippen molar-refractivity contribution in [2.75, 3.05) is 13.7 Å². The average Bonchev–Trinajstić information content (AvgIpc) is 2.04. The highest BCUT2D eigenvalue weighted by atomic mass is 28.1. The first kappa shape index (κ1) is 17.1. The summed E-state index contributed by atoms with van der Waals surface area (Å²) in [7, 11) is 3.07. The summed E-state index contributed by atoms with van der Waals surface area (Å²) < 4.78 is 4.80. The van der Waals surface area contributed by atoms with Crippen molar-refractivity contribution in [2.45, 2.75) is 12.5 Å². The lowest BCUT2D eigenvalue weighted by Gasteiger charge is -1.89. The van der Waals surface area contributed by atoms with Crippen LogP contribution in [-0.4, -0.2) is 36.1 Å². The van der Waals surface area contributed by atoms with Crippen molar-refractivity contribution in [3.63, 3.8) is 0 Å². The first-order valence-electron chi connectivity index (χ1n) is 3.31. The predicted molar refractivity (Wildman–Crippen MR) is 48.1 cm³/mol. The predicted octanol–water partition coefficient (Wildman–Crippen LogP) is -0.391. The number of hydrogen-bond acceptors (Lipinski definition) is 5. The van der Waals surface area contributed by atoms with Crippen LogP contribution in [0, 0.1) is 10.8 Å². The third kappa shape index (κ3) is 150. The van der Waals surface area contributed by atoms with E-state index in [4.69, 9.17) is 25.1 Å². The van der Waals surface area contributed by atoms with Crippen molar-refractivity contribution >= 4 is 22.4 Å². The molecule has 0 aliphatic rings. The molecule has 0 aliphatic carbocycles. The van der Waals surface area contributed by atoms with Crippen LogP contribution in [0.25, 0.3) is 0 Å². The molecule has 0 amide bonds. The molecule has 0 radical (unpaired) electrons. The minimum atomic E-state index is 0.750. The molecule has 0 saturated carbocycles. The maximum atomic E-state index is 8.35. The number of carbonyl (C=O) groups excluding carboxylic acids is 2. The molecule has 0 heterocycles. The van der Waals surface area contributed by atoms with Crippen LogP contribution in [0.4, 0.5) is 0 Å². The van der Waals surface area contributed by atoms with Crippen LogP contribution in [0.3, 0.4) is 0 Å². The van der Waals surface area contributed by atoms with Crippen molar-refractivity contribution in [3.05, 3.63) is 0 Å². The SMILES string of the molecule is COCCC[SiH3].N=C=O.N=C=O. The van der Waals surface area contributed by atoms with Crippen LogP contribution < -0.4 is 0 Å². The number of methoxy groups -OCH3 is 1. The normalized spacial score (nSPS) is 6.08. The fourth-order valence-electron chi connectivity index (χ4n) is 0.289. The molecule has 0 bridgehead atoms. The minimum absolute atomic E-state index is 0.750. The van der Waals surface area contributed by atoms with Gasteiger partial charge in [0, 0.05) is 24.0 Å². The lowest BCUT2D eigenvalue weighted by Crippen LogP contribution is -1.85. The summed E-state index contributed by atoms with van der Waals surface area (Å²) in [5.74, 6) is 0. The molecule has 0 saturated heterocycles. The van der Waals surface area contributed by atoms with Crippen LogP contribution in [0.1, 0.15) is 6.42 Å². The standard InChI is InChI=1S/C4H12OSi.2CHNO/c1-5-3-2-4-6;2*2-1-3/h2-4H2,1,6H3;2*2H. The summed E-state index contributed by atoms with van der Waals surface area (Å²) in [4.78, 5) is 16.7. The third-order valence-electron chi connectivity index (χ3n) is 0.702. The highest BCUT2D eigenvalue weighted by Crippen LogP contribution is 1.81. The Labute approximate surface area is 74.6 Å². The Morgan fingerprint density at radius 1 is 1.33 bits per heavy atom. The van der Waals surface area contributed by atoms with E-state index in [2.05, 4.69) is 0 Å². The van der Waals surface area contributed by atoms with E-state index < -0.39 is 0 Å². The Morgan fingerprint density at radius 3 is 1.75 bits per heavy atom. The topological polar surface area (TPSA) is 91.1 Å². The average molecular weight is 190 g/mol. The molecule has 70 valence electrons. The maximum absolute atomic E-state index is 8.35. The summed E-state index contributed by atoms with van der Waals surface area (Å²) in [6.07, 6.45) is 2.75. The van der Waals surface area contributed by atoms with Gasteiger partial charge in [-0.2, -0.15) is 0 Å². The first-order valence-corrected chi connectivity index (χ1v) is 4.73. The number of isocyanates is 2. The Morgan fingerprint density at radius 2 is 1.67 bits per heavy atom. The van der Waals surface area contributed by atoms with Gasteiger partial charge in [0.2, 0.25) is 12.2 Å². The van der Waals surface area contributed by atoms with Gasteiger partial charge >= 0.3 is 0 Å². The Balaban J connectivity index is -0.000000115. The van der Waals surface area contributed by atoms with Crippen molar-refractivity contribution in [3.8, 4) is 0 Å². The van der Waals surface area contributed by atoms with Gasteiger partial charge in [0.25, 0.3) is 0 Å². The quantitative estimate of drug-likeness (QED) is 0.275.